The van der Waals surface area contributed by atoms with E-state index in [0.717, 1.165) is 10.9 Å². The van der Waals surface area contributed by atoms with Crippen molar-refractivity contribution in [2.75, 3.05) is 13.2 Å². The summed E-state index contributed by atoms with van der Waals surface area (Å²) < 4.78 is 5.64. The lowest BCUT2D eigenvalue weighted by Gasteiger charge is -2.48. The Morgan fingerprint density at radius 2 is 2.03 bits per heavy atom. The number of esters is 1. The van der Waals surface area contributed by atoms with E-state index in [9.17, 15) is 20.1 Å². The summed E-state index contributed by atoms with van der Waals surface area (Å²) in [6.45, 7) is 1.26. The van der Waals surface area contributed by atoms with E-state index in [1.807, 2.05) is 31.2 Å². The van der Waals surface area contributed by atoms with Crippen molar-refractivity contribution in [2.45, 2.75) is 36.6 Å². The fourth-order valence-electron chi connectivity index (χ4n) is 4.99. The van der Waals surface area contributed by atoms with Gasteiger partial charge >= 0.3 is 5.97 Å². The molecule has 2 aromatic rings. The van der Waals surface area contributed by atoms with Crippen molar-refractivity contribution in [1.29, 1.82) is 0 Å². The number of ether oxygens (including phenoxy) is 1. The lowest BCUT2D eigenvalue weighted by molar-refractivity contribution is -0.257. The fraction of sp³-hybridized carbons (Fsp3) is 0.381. The molecule has 0 aromatic heterocycles. The Balaban J connectivity index is 1.52. The van der Waals surface area contributed by atoms with Crippen LogP contribution in [0.25, 0.3) is 10.8 Å². The molecule has 0 unspecified atom stereocenters. The number of benzene rings is 2. The summed E-state index contributed by atoms with van der Waals surface area (Å²) in [7, 11) is 0. The van der Waals surface area contributed by atoms with Crippen molar-refractivity contribution in [3.8, 4) is 0 Å². The van der Waals surface area contributed by atoms with Gasteiger partial charge in [-0.25, -0.2) is 14.8 Å². The van der Waals surface area contributed by atoms with Crippen molar-refractivity contribution in [2.24, 2.45) is 21.5 Å². The maximum atomic E-state index is 13.2. The number of hydrogen-bond acceptors (Lipinski definition) is 11. The molecule has 3 aliphatic heterocycles. The summed E-state index contributed by atoms with van der Waals surface area (Å²) in [6, 6.07) is 9.19. The minimum Gasteiger partial charge on any atom is -0.451 e. The Labute approximate surface area is 183 Å². The third kappa shape index (κ3) is 2.62. The number of hydrogen-bond donors (Lipinski definition) is 6. The minimum absolute atomic E-state index is 0.0512. The first-order chi connectivity index (χ1) is 15.2. The molecule has 0 radical (unpaired) electrons. The van der Waals surface area contributed by atoms with Gasteiger partial charge in [0.25, 0.3) is 0 Å². The van der Waals surface area contributed by atoms with Crippen LogP contribution in [0.4, 0.5) is 0 Å². The molecule has 2 aromatic carbocycles. The van der Waals surface area contributed by atoms with Crippen LogP contribution in [0.5, 0.6) is 0 Å². The Hall–Kier alpha value is -3.41. The third-order valence-corrected chi connectivity index (χ3v) is 6.41. The van der Waals surface area contributed by atoms with Gasteiger partial charge in [-0.05, 0) is 29.3 Å². The molecule has 11 heteroatoms. The van der Waals surface area contributed by atoms with Crippen LogP contribution in [0.15, 0.2) is 46.4 Å². The van der Waals surface area contributed by atoms with Crippen LogP contribution in [0.3, 0.4) is 0 Å². The molecular formula is C21H24N6O5. The zero-order chi connectivity index (χ0) is 22.8. The molecule has 3 heterocycles. The molecule has 5 rings (SSSR count). The van der Waals surface area contributed by atoms with E-state index in [1.165, 1.54) is 4.90 Å². The van der Waals surface area contributed by atoms with Gasteiger partial charge < -0.3 is 41.7 Å². The number of nitrogens with zero attached hydrogens (tertiary/aromatic N) is 3. The Kier molecular flexibility index (Phi) is 4.35. The zero-order valence-corrected chi connectivity index (χ0v) is 17.3. The molecule has 0 bridgehead atoms. The summed E-state index contributed by atoms with van der Waals surface area (Å²) in [5.74, 6) is -3.47. The summed E-state index contributed by atoms with van der Waals surface area (Å²) in [5.41, 5.74) is 11.4. The number of aliphatic hydroxyl groups excluding tert-OH is 1. The molecule has 8 N–H and O–H groups in total. The number of aliphatic imine (C=N–C) groups is 2. The monoisotopic (exact) mass is 440 g/mol. The second-order valence-electron chi connectivity index (χ2n) is 8.35. The normalized spacial score (nSPS) is 30.2. The van der Waals surface area contributed by atoms with Gasteiger partial charge in [-0.1, -0.05) is 30.3 Å². The molecule has 4 atom stereocenters. The fourth-order valence-corrected chi connectivity index (χ4v) is 4.99. The quantitative estimate of drug-likeness (QED) is 0.241. The molecule has 1 fully saturated rings. The van der Waals surface area contributed by atoms with Crippen LogP contribution in [0.2, 0.25) is 0 Å². The minimum atomic E-state index is -2.65. The van der Waals surface area contributed by atoms with Crippen LogP contribution in [-0.4, -0.2) is 80.9 Å². The summed E-state index contributed by atoms with van der Waals surface area (Å²) in [4.78, 5) is 23.0. The maximum absolute atomic E-state index is 13.2. The van der Waals surface area contributed by atoms with Gasteiger partial charge in [0.15, 0.2) is 23.7 Å². The highest BCUT2D eigenvalue weighted by Gasteiger charge is 2.74. The number of carbonyl (C=O) groups is 1. The molecule has 1 spiro atoms. The highest BCUT2D eigenvalue weighted by molar-refractivity contribution is 6.05. The lowest BCUT2D eigenvalue weighted by atomic mass is 9.86. The van der Waals surface area contributed by atoms with E-state index in [4.69, 9.17) is 16.2 Å². The Morgan fingerprint density at radius 1 is 1.28 bits per heavy atom. The maximum Gasteiger partial charge on any atom is 0.339 e. The van der Waals surface area contributed by atoms with E-state index in [2.05, 4.69) is 15.3 Å². The number of nitrogens with one attached hydrogen (secondary N) is 1. The molecule has 32 heavy (non-hydrogen) atoms. The molecule has 0 aliphatic carbocycles. The number of aryl methyl sites for hydroxylation is 1. The smallest absolute Gasteiger partial charge is 0.339 e. The summed E-state index contributed by atoms with van der Waals surface area (Å²) in [5, 5.41) is 36.6. The van der Waals surface area contributed by atoms with E-state index in [-0.39, 0.29) is 18.5 Å². The number of aliphatic hydroxyl groups is 3. The van der Waals surface area contributed by atoms with Crippen molar-refractivity contribution in [3.63, 3.8) is 0 Å². The van der Waals surface area contributed by atoms with Crippen LogP contribution < -0.4 is 16.8 Å². The van der Waals surface area contributed by atoms with Crippen molar-refractivity contribution in [3.05, 3.63) is 47.5 Å². The second kappa shape index (κ2) is 6.79. The van der Waals surface area contributed by atoms with E-state index < -0.39 is 42.2 Å². The number of nitrogens with two attached hydrogens (primary N) is 2. The first-order valence-corrected chi connectivity index (χ1v) is 10.2. The summed E-state index contributed by atoms with van der Waals surface area (Å²) in [6.07, 6.45) is -1.41. The second-order valence-corrected chi connectivity index (χ2v) is 8.35. The van der Waals surface area contributed by atoms with E-state index in [0.29, 0.717) is 10.9 Å². The largest absolute Gasteiger partial charge is 0.451 e. The van der Waals surface area contributed by atoms with E-state index >= 15 is 0 Å². The average Bonchev–Trinajstić information content (AvgIpc) is 3.22. The zero-order valence-electron chi connectivity index (χ0n) is 17.3. The van der Waals surface area contributed by atoms with Gasteiger partial charge in [-0.3, -0.25) is 0 Å². The number of rotatable bonds is 3. The molecular weight excluding hydrogens is 416 g/mol. The number of carbonyl (C=O) groups excluding carboxylic acids is 1. The van der Waals surface area contributed by atoms with Gasteiger partial charge in [0.2, 0.25) is 5.79 Å². The number of fused-ring (bicyclic) bond motifs is 1. The molecule has 1 saturated heterocycles. The standard InChI is InChI=1S/C21H24N6O5/c1-10-6-11-4-2-3-5-12(11)13(7-10)17(29)32-15-8-27-19(23)24-14(9-28)16-20(27,21(15,30)31)26-18(22)25-16/h2-7,14-16,28,30-31H,8-9H2,1H3,(H2,23,24)(H3,22,25,26)/t14-,15-,16-,20-/m0/s1. The average molecular weight is 440 g/mol. The van der Waals surface area contributed by atoms with Gasteiger partial charge in [0.1, 0.15) is 12.1 Å². The Morgan fingerprint density at radius 3 is 2.78 bits per heavy atom. The van der Waals surface area contributed by atoms with Crippen molar-refractivity contribution in [1.82, 2.24) is 10.2 Å². The Bertz CT molecular complexity index is 1180. The predicted molar refractivity (Wildman–Crippen MR) is 116 cm³/mol. The van der Waals surface area contributed by atoms with Crippen LogP contribution in [0.1, 0.15) is 15.9 Å². The number of guanidine groups is 2. The van der Waals surface area contributed by atoms with Gasteiger partial charge in [0.05, 0.1) is 18.7 Å². The SMILES string of the molecule is Cc1cc(C(=O)O[C@H]2CN3C(N)=N[C@@H](CO)[C@@H]4N=C(N)N[C@@]43C2(O)O)c2ccccc2c1. The first-order valence-electron chi connectivity index (χ1n) is 10.2. The van der Waals surface area contributed by atoms with Crippen molar-refractivity contribution < 1.29 is 24.9 Å². The van der Waals surface area contributed by atoms with Crippen LogP contribution in [-0.2, 0) is 4.74 Å². The highest BCUT2D eigenvalue weighted by Crippen LogP contribution is 2.45. The van der Waals surface area contributed by atoms with Crippen LogP contribution >= 0.6 is 0 Å². The topological polar surface area (TPSA) is 179 Å². The molecule has 11 nitrogen and oxygen atoms in total. The molecule has 0 amide bonds. The van der Waals surface area contributed by atoms with Gasteiger partial charge in [0, 0.05) is 0 Å². The van der Waals surface area contributed by atoms with Crippen LogP contribution in [0, 0.1) is 6.92 Å². The molecule has 0 saturated carbocycles. The van der Waals surface area contributed by atoms with Crippen molar-refractivity contribution >= 4 is 28.7 Å². The van der Waals surface area contributed by atoms with E-state index in [1.54, 1.807) is 12.1 Å². The van der Waals surface area contributed by atoms with Gasteiger partial charge in [-0.2, -0.15) is 0 Å². The molecule has 168 valence electrons. The van der Waals surface area contributed by atoms with Gasteiger partial charge in [-0.15, -0.1) is 0 Å². The molecule has 3 aliphatic rings. The highest BCUT2D eigenvalue weighted by atomic mass is 16.6. The summed E-state index contributed by atoms with van der Waals surface area (Å²) >= 11 is 0. The lowest BCUT2D eigenvalue weighted by Crippen LogP contribution is -2.77. The first kappa shape index (κ1) is 20.5. The predicted octanol–water partition coefficient (Wildman–Crippen LogP) is -1.66. The third-order valence-electron chi connectivity index (χ3n) is 6.41.